The molecule has 1 aliphatic heterocycles. The van der Waals surface area contributed by atoms with E-state index in [9.17, 15) is 15.5 Å². The summed E-state index contributed by atoms with van der Waals surface area (Å²) in [6.07, 6.45) is 1.37. The monoisotopic (exact) mass is 334 g/mol. The van der Waals surface area contributed by atoms with E-state index in [2.05, 4.69) is 20.6 Å². The molecule has 2 heterocycles. The van der Waals surface area contributed by atoms with Crippen LogP contribution in [-0.4, -0.2) is 16.2 Å². The van der Waals surface area contributed by atoms with Crippen LogP contribution in [0.5, 0.6) is 0 Å². The second kappa shape index (κ2) is 4.11. The van der Waals surface area contributed by atoms with E-state index in [0.717, 1.165) is 35.5 Å². The Labute approximate surface area is 124 Å². The summed E-state index contributed by atoms with van der Waals surface area (Å²) in [7, 11) is -8.13. The van der Waals surface area contributed by atoms with Crippen molar-refractivity contribution in [3.8, 4) is 0 Å². The lowest BCUT2D eigenvalue weighted by molar-refractivity contribution is 0.458. The highest BCUT2D eigenvalue weighted by atomic mass is 32.5. The number of hydrogen-bond acceptors (Lipinski definition) is 4. The summed E-state index contributed by atoms with van der Waals surface area (Å²) in [4.78, 5) is 7.11. The van der Waals surface area contributed by atoms with Gasteiger partial charge in [0.25, 0.3) is 0 Å². The molecule has 0 atom stereocenters. The lowest BCUT2D eigenvalue weighted by atomic mass is 10.3. The molecular formula is C13H14F4N4S. The molecule has 0 aliphatic carbocycles. The Hall–Kier alpha value is -1.87. The van der Waals surface area contributed by atoms with Crippen molar-refractivity contribution in [3.05, 3.63) is 41.7 Å². The van der Waals surface area contributed by atoms with Crippen LogP contribution >= 0.6 is 9.84 Å². The molecule has 3 rings (SSSR count). The van der Waals surface area contributed by atoms with Crippen molar-refractivity contribution in [2.45, 2.75) is 18.0 Å². The van der Waals surface area contributed by atoms with Gasteiger partial charge in [0.05, 0.1) is 16.8 Å². The summed E-state index contributed by atoms with van der Waals surface area (Å²) in [5.41, 5.74) is 2.21. The third kappa shape index (κ3) is 3.14. The van der Waals surface area contributed by atoms with Gasteiger partial charge in [-0.05, 0) is 24.3 Å². The average Bonchev–Trinajstić information content (AvgIpc) is 2.84. The standard InChI is InChI=1S/C13H14F4N4S/c1-22(14,15,16,17)11-4-2-10(3-5-11)20-13-19-7-9-6-18-8-12(9)21-13/h2-5,7,18H,6,8H2,1H3,(H,19,20,21). The van der Waals surface area contributed by atoms with Gasteiger partial charge >= 0.3 is 0 Å². The molecule has 0 saturated heterocycles. The van der Waals surface area contributed by atoms with Crippen LogP contribution in [0.2, 0.25) is 0 Å². The molecule has 4 nitrogen and oxygen atoms in total. The number of anilines is 2. The third-order valence-corrected chi connectivity index (χ3v) is 4.72. The molecule has 0 amide bonds. The molecule has 0 saturated carbocycles. The number of halogens is 4. The van der Waals surface area contributed by atoms with Gasteiger partial charge in [0, 0.05) is 30.5 Å². The largest absolute Gasteiger partial charge is 0.324 e. The van der Waals surface area contributed by atoms with Crippen molar-refractivity contribution in [2.24, 2.45) is 0 Å². The third-order valence-electron chi connectivity index (χ3n) is 3.26. The quantitative estimate of drug-likeness (QED) is 0.825. The summed E-state index contributed by atoms with van der Waals surface area (Å²) in [6.45, 7) is 1.33. The Morgan fingerprint density at radius 2 is 1.77 bits per heavy atom. The Bertz CT molecular complexity index is 728. The zero-order chi connectivity index (χ0) is 16.1. The van der Waals surface area contributed by atoms with Crippen molar-refractivity contribution >= 4 is 21.5 Å². The van der Waals surface area contributed by atoms with Gasteiger partial charge in [0.15, 0.2) is 9.84 Å². The van der Waals surface area contributed by atoms with E-state index >= 15 is 0 Å². The smallest absolute Gasteiger partial charge is 0.227 e. The topological polar surface area (TPSA) is 49.8 Å². The van der Waals surface area contributed by atoms with Gasteiger partial charge < -0.3 is 10.6 Å². The molecule has 2 N–H and O–H groups in total. The first-order valence-corrected chi connectivity index (χ1v) is 8.89. The second-order valence-electron chi connectivity index (χ2n) is 5.40. The Balaban J connectivity index is 1.83. The van der Waals surface area contributed by atoms with Gasteiger partial charge in [0.2, 0.25) is 5.95 Å². The van der Waals surface area contributed by atoms with Crippen molar-refractivity contribution < 1.29 is 15.5 Å². The van der Waals surface area contributed by atoms with Gasteiger partial charge in [0.1, 0.15) is 0 Å². The minimum atomic E-state index is -8.13. The van der Waals surface area contributed by atoms with E-state index in [1.807, 2.05) is 0 Å². The normalized spacial score (nSPS) is 17.5. The highest BCUT2D eigenvalue weighted by molar-refractivity contribution is 8.49. The molecular weight excluding hydrogens is 320 g/mol. The fourth-order valence-corrected chi connectivity index (χ4v) is 2.95. The van der Waals surface area contributed by atoms with Gasteiger partial charge in [-0.15, -0.1) is 15.5 Å². The van der Waals surface area contributed by atoms with Crippen molar-refractivity contribution in [2.75, 3.05) is 11.6 Å². The van der Waals surface area contributed by atoms with E-state index in [0.29, 0.717) is 24.7 Å². The van der Waals surface area contributed by atoms with Gasteiger partial charge in [-0.2, -0.15) is 0 Å². The van der Waals surface area contributed by atoms with Crippen molar-refractivity contribution in [3.63, 3.8) is 0 Å². The zero-order valence-corrected chi connectivity index (χ0v) is 12.4. The Morgan fingerprint density at radius 1 is 1.09 bits per heavy atom. The first kappa shape index (κ1) is 15.0. The van der Waals surface area contributed by atoms with E-state index < -0.39 is 14.7 Å². The molecule has 0 bridgehead atoms. The van der Waals surface area contributed by atoms with Crippen LogP contribution in [0.1, 0.15) is 11.3 Å². The van der Waals surface area contributed by atoms with Gasteiger partial charge in [-0.25, -0.2) is 9.97 Å². The number of benzene rings is 1. The lowest BCUT2D eigenvalue weighted by Crippen LogP contribution is -2.10. The molecule has 0 fully saturated rings. The summed E-state index contributed by atoms with van der Waals surface area (Å²) in [5.74, 6) is 0.291. The SMILES string of the molecule is CS(F)(F)(F)(F)c1ccc(Nc2ncc3c(n2)CNC3)cc1. The molecule has 0 unspecified atom stereocenters. The lowest BCUT2D eigenvalue weighted by Gasteiger charge is -2.46. The summed E-state index contributed by atoms with van der Waals surface area (Å²) >= 11 is 0. The fourth-order valence-electron chi connectivity index (χ4n) is 2.13. The van der Waals surface area contributed by atoms with Crippen LogP contribution in [0.25, 0.3) is 0 Å². The van der Waals surface area contributed by atoms with Gasteiger partial charge in [-0.1, -0.05) is 0 Å². The maximum Gasteiger partial charge on any atom is 0.227 e. The molecule has 0 radical (unpaired) electrons. The highest BCUT2D eigenvalue weighted by Crippen LogP contribution is 2.98. The Kier molecular flexibility index (Phi) is 2.81. The molecule has 2 aromatic rings. The van der Waals surface area contributed by atoms with E-state index in [4.69, 9.17) is 0 Å². The first-order chi connectivity index (χ1) is 10.0. The van der Waals surface area contributed by atoms with Crippen LogP contribution in [-0.2, 0) is 13.1 Å². The highest BCUT2D eigenvalue weighted by Gasteiger charge is 2.59. The van der Waals surface area contributed by atoms with Gasteiger partial charge in [-0.3, -0.25) is 0 Å². The first-order valence-electron chi connectivity index (χ1n) is 6.43. The molecule has 1 aliphatic rings. The minimum Gasteiger partial charge on any atom is -0.324 e. The second-order valence-corrected chi connectivity index (χ2v) is 8.83. The molecule has 1 aromatic heterocycles. The number of nitrogens with one attached hydrogen (secondary N) is 2. The number of aromatic nitrogens is 2. The van der Waals surface area contributed by atoms with Crippen LogP contribution in [0.3, 0.4) is 0 Å². The van der Waals surface area contributed by atoms with Crippen molar-refractivity contribution in [1.82, 2.24) is 15.3 Å². The average molecular weight is 334 g/mol. The molecule has 1 aromatic carbocycles. The van der Waals surface area contributed by atoms with E-state index in [1.54, 1.807) is 6.20 Å². The predicted molar refractivity (Wildman–Crippen MR) is 78.5 cm³/mol. The molecule has 22 heavy (non-hydrogen) atoms. The van der Waals surface area contributed by atoms with Crippen molar-refractivity contribution in [1.29, 1.82) is 0 Å². The number of hydrogen-bond donors (Lipinski definition) is 2. The summed E-state index contributed by atoms with van der Waals surface area (Å²) < 4.78 is 53.1. The van der Waals surface area contributed by atoms with Crippen LogP contribution < -0.4 is 10.6 Å². The van der Waals surface area contributed by atoms with E-state index in [-0.39, 0.29) is 6.26 Å². The number of nitrogens with zero attached hydrogens (tertiary/aromatic N) is 2. The maximum absolute atomic E-state index is 13.3. The Morgan fingerprint density at radius 3 is 2.41 bits per heavy atom. The number of rotatable bonds is 3. The summed E-state index contributed by atoms with van der Waals surface area (Å²) in [5, 5.41) is 5.93. The predicted octanol–water partition coefficient (Wildman–Crippen LogP) is 4.23. The summed E-state index contributed by atoms with van der Waals surface area (Å²) in [6, 6.07) is 3.76. The maximum atomic E-state index is 13.3. The number of fused-ring (bicyclic) bond motifs is 1. The fraction of sp³-hybridized carbons (Fsp3) is 0.231. The molecule has 9 heteroatoms. The molecule has 0 spiro atoms. The van der Waals surface area contributed by atoms with Crippen LogP contribution in [0.4, 0.5) is 27.2 Å². The van der Waals surface area contributed by atoms with Crippen LogP contribution in [0, 0.1) is 0 Å². The molecule has 120 valence electrons. The van der Waals surface area contributed by atoms with E-state index in [1.165, 1.54) is 0 Å². The zero-order valence-electron chi connectivity index (χ0n) is 11.6. The minimum absolute atomic E-state index is 0.291. The van der Waals surface area contributed by atoms with Crippen LogP contribution in [0.15, 0.2) is 35.4 Å².